The summed E-state index contributed by atoms with van der Waals surface area (Å²) >= 11 is 0. The van der Waals surface area contributed by atoms with E-state index >= 15 is 0 Å². The van der Waals surface area contributed by atoms with Crippen LogP contribution in [0.3, 0.4) is 0 Å². The average molecular weight is 381 g/mol. The number of methoxy groups -OCH3 is 1. The number of nitrogens with zero attached hydrogens (tertiary/aromatic N) is 1. The Balaban J connectivity index is 2.04. The monoisotopic (exact) mass is 381 g/mol. The molecule has 0 bridgehead atoms. The minimum absolute atomic E-state index is 0.0818. The molecule has 0 unspecified atom stereocenters. The number of fused-ring (bicyclic) bond motifs is 1. The van der Waals surface area contributed by atoms with Gasteiger partial charge >= 0.3 is 5.97 Å². The summed E-state index contributed by atoms with van der Waals surface area (Å²) in [6.07, 6.45) is 4.44. The Hall–Kier alpha value is -2.82. The van der Waals surface area contributed by atoms with Gasteiger partial charge in [0.2, 0.25) is 5.78 Å². The number of ether oxygens (including phenoxy) is 2. The Morgan fingerprint density at radius 3 is 2.64 bits per heavy atom. The molecule has 0 atom stereocenters. The molecule has 0 amide bonds. The number of rotatable bonds is 8. The van der Waals surface area contributed by atoms with E-state index < -0.39 is 0 Å². The topological polar surface area (TPSA) is 57.5 Å². The molecule has 1 aliphatic heterocycles. The summed E-state index contributed by atoms with van der Waals surface area (Å²) in [7, 11) is 1.56. The quantitative estimate of drug-likeness (QED) is 0.502. The lowest BCUT2D eigenvalue weighted by Crippen LogP contribution is -2.14. The molecule has 148 valence electrons. The normalized spacial score (nSPS) is 12.7. The van der Waals surface area contributed by atoms with Crippen molar-refractivity contribution in [2.45, 2.75) is 52.7 Å². The maximum absolute atomic E-state index is 13.4. The molecule has 2 heterocycles. The number of para-hydroxylation sites is 1. The van der Waals surface area contributed by atoms with Crippen molar-refractivity contribution in [2.24, 2.45) is 0 Å². The van der Waals surface area contributed by atoms with Crippen LogP contribution in [0.2, 0.25) is 0 Å². The van der Waals surface area contributed by atoms with Crippen LogP contribution < -0.4 is 4.74 Å². The number of carbonyl (C=O) groups is 2. The lowest BCUT2D eigenvalue weighted by molar-refractivity contribution is -0.140. The Morgan fingerprint density at radius 1 is 1.21 bits per heavy atom. The summed E-state index contributed by atoms with van der Waals surface area (Å²) in [5.74, 6) is 0.126. The highest BCUT2D eigenvalue weighted by Gasteiger charge is 2.30. The van der Waals surface area contributed by atoms with Crippen LogP contribution in [0, 0.1) is 0 Å². The molecule has 0 spiro atoms. The molecule has 1 aliphatic rings. The van der Waals surface area contributed by atoms with Crippen molar-refractivity contribution < 1.29 is 19.1 Å². The fraction of sp³-hybridized carbons (Fsp3) is 0.391. The van der Waals surface area contributed by atoms with E-state index in [4.69, 9.17) is 9.47 Å². The second-order valence-corrected chi connectivity index (χ2v) is 7.22. The first-order valence-corrected chi connectivity index (χ1v) is 9.79. The molecule has 1 aromatic heterocycles. The van der Waals surface area contributed by atoms with E-state index in [0.717, 1.165) is 30.5 Å². The molecule has 0 N–H and O–H groups in total. The molecular formula is C23H27NO4. The SMILES string of the molecule is CCCCc1cc2n(c1C(=O)c1ccccc1OC)CC=C2C(=O)OC(C)C. The number of hydrogen-bond donors (Lipinski definition) is 0. The standard InChI is InChI=1S/C23H27NO4/c1-5-6-9-16-14-19-17(23(26)28-15(2)3)12-13-24(19)21(16)22(25)18-10-7-8-11-20(18)27-4/h7-8,10-12,14-15H,5-6,9,13H2,1-4H3. The molecule has 28 heavy (non-hydrogen) atoms. The Bertz CT molecular complexity index is 921. The van der Waals surface area contributed by atoms with Crippen molar-refractivity contribution in [3.63, 3.8) is 0 Å². The minimum Gasteiger partial charge on any atom is -0.496 e. The van der Waals surface area contributed by atoms with Gasteiger partial charge < -0.3 is 14.0 Å². The highest BCUT2D eigenvalue weighted by Crippen LogP contribution is 2.33. The van der Waals surface area contributed by atoms with Crippen LogP contribution in [0.5, 0.6) is 5.75 Å². The van der Waals surface area contributed by atoms with E-state index in [0.29, 0.717) is 29.1 Å². The number of benzene rings is 1. The Morgan fingerprint density at radius 2 is 1.96 bits per heavy atom. The Labute approximate surface area is 166 Å². The van der Waals surface area contributed by atoms with E-state index in [-0.39, 0.29) is 17.9 Å². The summed E-state index contributed by atoms with van der Waals surface area (Å²) < 4.78 is 12.7. The highest BCUT2D eigenvalue weighted by molar-refractivity contribution is 6.18. The van der Waals surface area contributed by atoms with Crippen LogP contribution in [0.4, 0.5) is 0 Å². The van der Waals surface area contributed by atoms with Crippen molar-refractivity contribution in [1.29, 1.82) is 0 Å². The average Bonchev–Trinajstić information content (AvgIpc) is 3.23. The predicted molar refractivity (Wildman–Crippen MR) is 109 cm³/mol. The van der Waals surface area contributed by atoms with Gasteiger partial charge in [-0.25, -0.2) is 4.79 Å². The lowest BCUT2D eigenvalue weighted by Gasteiger charge is -2.11. The van der Waals surface area contributed by atoms with Crippen LogP contribution in [0.1, 0.15) is 60.9 Å². The number of carbonyl (C=O) groups excluding carboxylic acids is 2. The zero-order chi connectivity index (χ0) is 20.3. The number of unbranched alkanes of at least 4 members (excludes halogenated alkanes) is 1. The number of aromatic nitrogens is 1. The maximum Gasteiger partial charge on any atom is 0.340 e. The van der Waals surface area contributed by atoms with Gasteiger partial charge in [0.05, 0.1) is 35.7 Å². The molecule has 0 radical (unpaired) electrons. The van der Waals surface area contributed by atoms with Gasteiger partial charge in [0.1, 0.15) is 5.75 Å². The zero-order valence-corrected chi connectivity index (χ0v) is 17.0. The van der Waals surface area contributed by atoms with Gasteiger partial charge in [-0.3, -0.25) is 4.79 Å². The summed E-state index contributed by atoms with van der Waals surface area (Å²) in [5.41, 5.74) is 3.43. The summed E-state index contributed by atoms with van der Waals surface area (Å²) in [6, 6.07) is 9.22. The first-order valence-electron chi connectivity index (χ1n) is 9.79. The summed E-state index contributed by atoms with van der Waals surface area (Å²) in [4.78, 5) is 25.9. The van der Waals surface area contributed by atoms with E-state index in [2.05, 4.69) is 6.92 Å². The number of esters is 1. The van der Waals surface area contributed by atoms with E-state index in [1.165, 1.54) is 0 Å². The van der Waals surface area contributed by atoms with E-state index in [1.54, 1.807) is 19.2 Å². The zero-order valence-electron chi connectivity index (χ0n) is 17.0. The fourth-order valence-corrected chi connectivity index (χ4v) is 3.56. The first-order chi connectivity index (χ1) is 13.5. The fourth-order valence-electron chi connectivity index (χ4n) is 3.56. The molecule has 0 fully saturated rings. The molecule has 5 heteroatoms. The molecule has 5 nitrogen and oxygen atoms in total. The highest BCUT2D eigenvalue weighted by atomic mass is 16.5. The predicted octanol–water partition coefficient (Wildman–Crippen LogP) is 4.42. The van der Waals surface area contributed by atoms with Gasteiger partial charge in [0, 0.05) is 6.54 Å². The molecule has 2 aromatic rings. The van der Waals surface area contributed by atoms with Crippen LogP contribution in [-0.4, -0.2) is 29.5 Å². The van der Waals surface area contributed by atoms with Gasteiger partial charge in [-0.2, -0.15) is 0 Å². The smallest absolute Gasteiger partial charge is 0.340 e. The van der Waals surface area contributed by atoms with Crippen molar-refractivity contribution >= 4 is 17.3 Å². The molecule has 3 rings (SSSR count). The number of allylic oxidation sites excluding steroid dienone is 1. The van der Waals surface area contributed by atoms with Gasteiger partial charge in [-0.05, 0) is 56.5 Å². The van der Waals surface area contributed by atoms with Gasteiger partial charge in [0.25, 0.3) is 0 Å². The first kappa shape index (κ1) is 19.9. The van der Waals surface area contributed by atoms with Crippen molar-refractivity contribution in [3.8, 4) is 5.75 Å². The van der Waals surface area contributed by atoms with Crippen molar-refractivity contribution in [2.75, 3.05) is 7.11 Å². The largest absolute Gasteiger partial charge is 0.496 e. The van der Waals surface area contributed by atoms with Crippen LogP contribution >= 0.6 is 0 Å². The van der Waals surface area contributed by atoms with Crippen LogP contribution in [-0.2, 0) is 22.5 Å². The maximum atomic E-state index is 13.4. The summed E-state index contributed by atoms with van der Waals surface area (Å²) in [5, 5.41) is 0. The van der Waals surface area contributed by atoms with Gasteiger partial charge in [-0.1, -0.05) is 25.5 Å². The number of ketones is 1. The second-order valence-electron chi connectivity index (χ2n) is 7.22. The van der Waals surface area contributed by atoms with Crippen LogP contribution in [0.25, 0.3) is 5.57 Å². The third-order valence-corrected chi connectivity index (χ3v) is 4.86. The number of aryl methyl sites for hydroxylation is 1. The van der Waals surface area contributed by atoms with Gasteiger partial charge in [-0.15, -0.1) is 0 Å². The lowest BCUT2D eigenvalue weighted by atomic mass is 10.0. The van der Waals surface area contributed by atoms with Crippen molar-refractivity contribution in [1.82, 2.24) is 4.57 Å². The third kappa shape index (κ3) is 3.75. The van der Waals surface area contributed by atoms with Crippen molar-refractivity contribution in [3.05, 3.63) is 58.9 Å². The molecule has 0 saturated heterocycles. The van der Waals surface area contributed by atoms with Gasteiger partial charge in [0.15, 0.2) is 0 Å². The van der Waals surface area contributed by atoms with Crippen LogP contribution in [0.15, 0.2) is 36.4 Å². The Kier molecular flexibility index (Phi) is 6.02. The summed E-state index contributed by atoms with van der Waals surface area (Å²) in [6.45, 7) is 6.27. The minimum atomic E-state index is -0.343. The molecule has 0 saturated carbocycles. The second kappa shape index (κ2) is 8.46. The molecule has 1 aromatic carbocycles. The van der Waals surface area contributed by atoms with E-state index in [1.807, 2.05) is 42.7 Å². The number of hydrogen-bond acceptors (Lipinski definition) is 4. The van der Waals surface area contributed by atoms with E-state index in [9.17, 15) is 9.59 Å². The molecule has 0 aliphatic carbocycles. The third-order valence-electron chi connectivity index (χ3n) is 4.86. The molecular weight excluding hydrogens is 354 g/mol.